The van der Waals surface area contributed by atoms with Gasteiger partial charge >= 0.3 is 0 Å². The third-order valence-electron chi connectivity index (χ3n) is 2.49. The van der Waals surface area contributed by atoms with Gasteiger partial charge in [0.15, 0.2) is 0 Å². The number of nitrogens with two attached hydrogens (primary N) is 1. The van der Waals surface area contributed by atoms with Crippen molar-refractivity contribution in [1.82, 2.24) is 4.98 Å². The summed E-state index contributed by atoms with van der Waals surface area (Å²) in [5, 5.41) is 3.26. The van der Waals surface area contributed by atoms with Gasteiger partial charge < -0.3 is 5.73 Å². The Balaban J connectivity index is 2.29. The number of hydrogen-bond donors (Lipinski definition) is 1. The van der Waals surface area contributed by atoms with E-state index in [1.807, 2.05) is 0 Å². The molecule has 1 saturated carbocycles. The van der Waals surface area contributed by atoms with Crippen LogP contribution in [0.1, 0.15) is 44.3 Å². The van der Waals surface area contributed by atoms with E-state index in [0.29, 0.717) is 0 Å². The molecule has 0 amide bonds. The Labute approximate surface area is 83.2 Å². The molecule has 1 fully saturated rings. The summed E-state index contributed by atoms with van der Waals surface area (Å²) in [4.78, 5) is 4.61. The van der Waals surface area contributed by atoms with Crippen molar-refractivity contribution in [2.24, 2.45) is 5.73 Å². The maximum Gasteiger partial charge on any atom is 0.113 e. The zero-order chi connectivity index (χ0) is 9.69. The van der Waals surface area contributed by atoms with Crippen molar-refractivity contribution in [3.63, 3.8) is 0 Å². The fourth-order valence-electron chi connectivity index (χ4n) is 1.20. The van der Waals surface area contributed by atoms with E-state index in [1.165, 1.54) is 5.69 Å². The molecule has 0 unspecified atom stereocenters. The fraction of sp³-hybridized carbons (Fsp3) is 0.700. The number of nitrogens with zero attached hydrogens (tertiary/aromatic N) is 1. The lowest BCUT2D eigenvalue weighted by Crippen LogP contribution is -2.19. The van der Waals surface area contributed by atoms with Gasteiger partial charge in [-0.2, -0.15) is 0 Å². The van der Waals surface area contributed by atoms with Gasteiger partial charge in [-0.3, -0.25) is 0 Å². The Bertz CT molecular complexity index is 298. The molecule has 0 aromatic carbocycles. The first-order valence-electron chi connectivity index (χ1n) is 4.67. The van der Waals surface area contributed by atoms with E-state index >= 15 is 0 Å². The van der Waals surface area contributed by atoms with Crippen molar-refractivity contribution < 1.29 is 0 Å². The minimum atomic E-state index is -0.0613. The number of hydrogen-bond acceptors (Lipinski definition) is 3. The Kier molecular flexibility index (Phi) is 1.79. The molecule has 0 saturated heterocycles. The Hall–Kier alpha value is -0.410. The van der Waals surface area contributed by atoms with Crippen LogP contribution >= 0.6 is 11.3 Å². The van der Waals surface area contributed by atoms with Crippen molar-refractivity contribution in [3.05, 3.63) is 16.1 Å². The predicted octanol–water partition coefficient (Wildman–Crippen LogP) is 2.39. The Morgan fingerprint density at radius 1 is 1.46 bits per heavy atom. The van der Waals surface area contributed by atoms with Gasteiger partial charge in [-0.1, -0.05) is 20.8 Å². The van der Waals surface area contributed by atoms with Crippen LogP contribution in [0, 0.1) is 0 Å². The van der Waals surface area contributed by atoms with E-state index in [9.17, 15) is 0 Å². The summed E-state index contributed by atoms with van der Waals surface area (Å²) in [6.07, 6.45) is 2.20. The van der Waals surface area contributed by atoms with Crippen molar-refractivity contribution in [2.75, 3.05) is 0 Å². The molecular formula is C10H16N2S. The van der Waals surface area contributed by atoms with Crippen LogP contribution in [-0.2, 0) is 11.0 Å². The molecule has 0 aliphatic heterocycles. The Morgan fingerprint density at radius 3 is 2.46 bits per heavy atom. The van der Waals surface area contributed by atoms with Gasteiger partial charge in [0.05, 0.1) is 11.2 Å². The second-order valence-corrected chi connectivity index (χ2v) is 5.80. The first-order chi connectivity index (χ1) is 5.92. The molecule has 3 heteroatoms. The number of aromatic nitrogens is 1. The van der Waals surface area contributed by atoms with Crippen LogP contribution in [-0.4, -0.2) is 4.98 Å². The SMILES string of the molecule is CC(C)(C)c1csc(C2(N)CC2)n1. The van der Waals surface area contributed by atoms with Crippen molar-refractivity contribution in [1.29, 1.82) is 0 Å². The molecule has 2 rings (SSSR count). The molecule has 13 heavy (non-hydrogen) atoms. The summed E-state index contributed by atoms with van der Waals surface area (Å²) < 4.78 is 0. The maximum absolute atomic E-state index is 6.07. The summed E-state index contributed by atoms with van der Waals surface area (Å²) in [6.45, 7) is 6.55. The van der Waals surface area contributed by atoms with Crippen LogP contribution in [0.3, 0.4) is 0 Å². The highest BCUT2D eigenvalue weighted by Crippen LogP contribution is 2.44. The van der Waals surface area contributed by atoms with Gasteiger partial charge in [0, 0.05) is 10.8 Å². The molecule has 1 aromatic heterocycles. The predicted molar refractivity (Wildman–Crippen MR) is 55.9 cm³/mol. The number of rotatable bonds is 1. The molecule has 0 spiro atoms. The van der Waals surface area contributed by atoms with Gasteiger partial charge in [-0.25, -0.2) is 4.98 Å². The smallest absolute Gasteiger partial charge is 0.113 e. The van der Waals surface area contributed by atoms with Gasteiger partial charge in [-0.05, 0) is 12.8 Å². The highest BCUT2D eigenvalue weighted by molar-refractivity contribution is 7.09. The molecule has 2 N–H and O–H groups in total. The topological polar surface area (TPSA) is 38.9 Å². The molecule has 0 atom stereocenters. The molecule has 0 bridgehead atoms. The van der Waals surface area contributed by atoms with E-state index in [-0.39, 0.29) is 11.0 Å². The van der Waals surface area contributed by atoms with E-state index in [0.717, 1.165) is 17.8 Å². The third-order valence-corrected chi connectivity index (χ3v) is 3.55. The van der Waals surface area contributed by atoms with Crippen molar-refractivity contribution in [2.45, 2.75) is 44.6 Å². The largest absolute Gasteiger partial charge is 0.319 e. The summed E-state index contributed by atoms with van der Waals surface area (Å²) >= 11 is 1.71. The zero-order valence-electron chi connectivity index (χ0n) is 8.42. The third kappa shape index (κ3) is 1.63. The van der Waals surface area contributed by atoms with Crippen LogP contribution < -0.4 is 5.73 Å². The minimum absolute atomic E-state index is 0.0613. The van der Waals surface area contributed by atoms with Gasteiger partial charge in [0.25, 0.3) is 0 Å². The fourth-order valence-corrected chi connectivity index (χ4v) is 2.41. The van der Waals surface area contributed by atoms with Crippen LogP contribution in [0.25, 0.3) is 0 Å². The highest BCUT2D eigenvalue weighted by atomic mass is 32.1. The molecule has 2 nitrogen and oxygen atoms in total. The molecule has 1 aliphatic carbocycles. The summed E-state index contributed by atoms with van der Waals surface area (Å²) in [7, 11) is 0. The lowest BCUT2D eigenvalue weighted by atomic mass is 9.93. The van der Waals surface area contributed by atoms with Crippen molar-refractivity contribution >= 4 is 11.3 Å². The maximum atomic E-state index is 6.07. The number of thiazole rings is 1. The molecule has 0 radical (unpaired) electrons. The average molecular weight is 196 g/mol. The molecule has 1 aliphatic rings. The van der Waals surface area contributed by atoms with E-state index in [4.69, 9.17) is 5.73 Å². The van der Waals surface area contributed by atoms with Crippen molar-refractivity contribution in [3.8, 4) is 0 Å². The normalized spacial score (nSPS) is 20.3. The van der Waals surface area contributed by atoms with Crippen LogP contribution in [0.5, 0.6) is 0 Å². The quantitative estimate of drug-likeness (QED) is 0.749. The lowest BCUT2D eigenvalue weighted by molar-refractivity contribution is 0.566. The Morgan fingerprint density at radius 2 is 2.08 bits per heavy atom. The summed E-state index contributed by atoms with van der Waals surface area (Å²) in [6, 6.07) is 0. The van der Waals surface area contributed by atoms with E-state index in [2.05, 4.69) is 31.1 Å². The summed E-state index contributed by atoms with van der Waals surface area (Å²) in [5.74, 6) is 0. The molecule has 1 aromatic rings. The standard InChI is InChI=1S/C10H16N2S/c1-9(2,3)7-6-13-8(12-7)10(11)4-5-10/h6H,4-5,11H2,1-3H3. The van der Waals surface area contributed by atoms with E-state index < -0.39 is 0 Å². The molecule has 72 valence electrons. The summed E-state index contributed by atoms with van der Waals surface area (Å²) in [5.41, 5.74) is 7.33. The van der Waals surface area contributed by atoms with Gasteiger partial charge in [0.1, 0.15) is 5.01 Å². The lowest BCUT2D eigenvalue weighted by Gasteiger charge is -2.14. The zero-order valence-corrected chi connectivity index (χ0v) is 9.24. The van der Waals surface area contributed by atoms with Crippen LogP contribution in [0.15, 0.2) is 5.38 Å². The molecule has 1 heterocycles. The minimum Gasteiger partial charge on any atom is -0.319 e. The van der Waals surface area contributed by atoms with Gasteiger partial charge in [0.2, 0.25) is 0 Å². The highest BCUT2D eigenvalue weighted by Gasteiger charge is 2.43. The van der Waals surface area contributed by atoms with Crippen LogP contribution in [0.4, 0.5) is 0 Å². The first-order valence-corrected chi connectivity index (χ1v) is 5.55. The average Bonchev–Trinajstić information content (AvgIpc) is 2.60. The second kappa shape index (κ2) is 2.55. The van der Waals surface area contributed by atoms with Gasteiger partial charge in [-0.15, -0.1) is 11.3 Å². The molecular weight excluding hydrogens is 180 g/mol. The monoisotopic (exact) mass is 196 g/mol. The first kappa shape index (κ1) is 9.16. The second-order valence-electron chi connectivity index (χ2n) is 4.94. The van der Waals surface area contributed by atoms with E-state index in [1.54, 1.807) is 11.3 Å². The van der Waals surface area contributed by atoms with Crippen LogP contribution in [0.2, 0.25) is 0 Å².